The van der Waals surface area contributed by atoms with E-state index in [1.165, 1.54) is 82.6 Å². The van der Waals surface area contributed by atoms with Gasteiger partial charge in [-0.3, -0.25) is 0 Å². The summed E-state index contributed by atoms with van der Waals surface area (Å²) in [6, 6.07) is 68.6. The van der Waals surface area contributed by atoms with E-state index in [2.05, 4.69) is 204 Å². The monoisotopic (exact) mass is 650 g/mol. The molecule has 0 N–H and O–H groups in total. The summed E-state index contributed by atoms with van der Waals surface area (Å²) in [6.07, 6.45) is 0. The Bertz CT molecular complexity index is 2890. The molecule has 0 spiro atoms. The normalized spacial score (nSPS) is 11.6. The average molecular weight is 651 g/mol. The van der Waals surface area contributed by atoms with Gasteiger partial charge >= 0.3 is 0 Å². The van der Waals surface area contributed by atoms with Crippen LogP contribution in [0.5, 0.6) is 0 Å². The fourth-order valence-electron chi connectivity index (χ4n) is 7.93. The second-order valence-corrected chi connectivity index (χ2v) is 13.5. The van der Waals surface area contributed by atoms with Gasteiger partial charge in [0.15, 0.2) is 0 Å². The lowest BCUT2D eigenvalue weighted by atomic mass is 9.98. The molecular weight excluding hydrogens is 617 g/mol. The Balaban J connectivity index is 1.20. The third-order valence-electron chi connectivity index (χ3n) is 10.4. The molecule has 0 saturated heterocycles. The fraction of sp³-hybridized carbons (Fsp3) is 0.0204. The summed E-state index contributed by atoms with van der Waals surface area (Å²) in [5, 5.41) is 5.00. The topological polar surface area (TPSA) is 9.86 Å². The molecule has 0 unspecified atom stereocenters. The van der Waals surface area contributed by atoms with Crippen molar-refractivity contribution < 1.29 is 0 Å². The lowest BCUT2D eigenvalue weighted by Crippen LogP contribution is -1.93. The SMILES string of the molecule is Cc1cccc(-c2ccc3c(c2)c2cc(-c4ccc5c(c4)c4cc(-c6ccccc6)ccc4n5-c4ccccc4)ccc2n3-c2ccccc2)c1. The van der Waals surface area contributed by atoms with Gasteiger partial charge in [0.2, 0.25) is 0 Å². The zero-order chi connectivity index (χ0) is 33.9. The zero-order valence-corrected chi connectivity index (χ0v) is 28.3. The van der Waals surface area contributed by atoms with E-state index in [9.17, 15) is 0 Å². The number of hydrogen-bond acceptors (Lipinski definition) is 0. The summed E-state index contributed by atoms with van der Waals surface area (Å²) < 4.78 is 4.79. The molecule has 2 aromatic heterocycles. The first-order chi connectivity index (χ1) is 25.2. The van der Waals surface area contributed by atoms with Gasteiger partial charge in [-0.05, 0) is 113 Å². The number of aromatic nitrogens is 2. The van der Waals surface area contributed by atoms with Crippen LogP contribution in [0.4, 0.5) is 0 Å². The van der Waals surface area contributed by atoms with Crippen molar-refractivity contribution >= 4 is 43.6 Å². The zero-order valence-electron chi connectivity index (χ0n) is 28.3. The van der Waals surface area contributed by atoms with E-state index in [1.54, 1.807) is 0 Å². The Morgan fingerprint density at radius 2 is 0.608 bits per heavy atom. The van der Waals surface area contributed by atoms with E-state index in [1.807, 2.05) is 0 Å². The second kappa shape index (κ2) is 11.8. The quantitative estimate of drug-likeness (QED) is 0.175. The maximum atomic E-state index is 2.40. The molecule has 0 amide bonds. The highest BCUT2D eigenvalue weighted by molar-refractivity contribution is 6.14. The number of fused-ring (bicyclic) bond motifs is 6. The van der Waals surface area contributed by atoms with Crippen molar-refractivity contribution in [3.05, 3.63) is 194 Å². The minimum absolute atomic E-state index is 1.16. The lowest BCUT2D eigenvalue weighted by Gasteiger charge is -2.09. The van der Waals surface area contributed by atoms with Gasteiger partial charge in [0.05, 0.1) is 22.1 Å². The van der Waals surface area contributed by atoms with Gasteiger partial charge in [-0.15, -0.1) is 0 Å². The van der Waals surface area contributed by atoms with Crippen molar-refractivity contribution in [2.45, 2.75) is 6.92 Å². The molecule has 0 bridgehead atoms. The van der Waals surface area contributed by atoms with Crippen LogP contribution in [0.1, 0.15) is 5.56 Å². The third kappa shape index (κ3) is 4.87. The number of hydrogen-bond donors (Lipinski definition) is 0. The van der Waals surface area contributed by atoms with Crippen LogP contribution in [-0.2, 0) is 0 Å². The summed E-state index contributed by atoms with van der Waals surface area (Å²) in [5.74, 6) is 0. The van der Waals surface area contributed by atoms with Crippen molar-refractivity contribution in [1.29, 1.82) is 0 Å². The van der Waals surface area contributed by atoms with E-state index in [-0.39, 0.29) is 0 Å². The molecule has 10 rings (SSSR count). The van der Waals surface area contributed by atoms with Gasteiger partial charge in [0.1, 0.15) is 0 Å². The molecule has 0 radical (unpaired) electrons. The van der Waals surface area contributed by atoms with Gasteiger partial charge in [0, 0.05) is 32.9 Å². The summed E-state index contributed by atoms with van der Waals surface area (Å²) in [5.41, 5.74) is 15.7. The number of aryl methyl sites for hydroxylation is 1. The third-order valence-corrected chi connectivity index (χ3v) is 10.4. The van der Waals surface area contributed by atoms with Crippen molar-refractivity contribution in [2.24, 2.45) is 0 Å². The van der Waals surface area contributed by atoms with Crippen LogP contribution in [0.3, 0.4) is 0 Å². The molecule has 0 aliphatic rings. The minimum atomic E-state index is 1.16. The standard InChI is InChI=1S/C49H34N2/c1-33-12-11-15-35(28-33)37-21-25-47-43(30-37)45-32-39(23-27-49(45)51(47)41-18-9-4-10-19-41)38-22-26-48-44(31-38)42-29-36(34-13-5-2-6-14-34)20-24-46(42)50(48)40-16-7-3-8-17-40/h2-32H,1H3. The Morgan fingerprint density at radius 1 is 0.275 bits per heavy atom. The lowest BCUT2D eigenvalue weighted by molar-refractivity contribution is 1.18. The van der Waals surface area contributed by atoms with E-state index < -0.39 is 0 Å². The van der Waals surface area contributed by atoms with Crippen LogP contribution in [0.15, 0.2) is 188 Å². The van der Waals surface area contributed by atoms with Crippen molar-refractivity contribution in [2.75, 3.05) is 0 Å². The van der Waals surface area contributed by atoms with E-state index in [0.29, 0.717) is 0 Å². The Morgan fingerprint density at radius 3 is 1.00 bits per heavy atom. The predicted molar refractivity (Wildman–Crippen MR) is 216 cm³/mol. The molecule has 0 fully saturated rings. The summed E-state index contributed by atoms with van der Waals surface area (Å²) >= 11 is 0. The maximum Gasteiger partial charge on any atom is 0.0541 e. The molecule has 240 valence electrons. The highest BCUT2D eigenvalue weighted by atomic mass is 15.0. The fourth-order valence-corrected chi connectivity index (χ4v) is 7.93. The smallest absolute Gasteiger partial charge is 0.0541 e. The average Bonchev–Trinajstić information content (AvgIpc) is 3.70. The predicted octanol–water partition coefficient (Wildman–Crippen LogP) is 13.2. The molecular formula is C49H34N2. The first-order valence-corrected chi connectivity index (χ1v) is 17.6. The molecule has 2 heteroatoms. The molecule has 0 aliphatic carbocycles. The summed E-state index contributed by atoms with van der Waals surface area (Å²) in [6.45, 7) is 2.16. The van der Waals surface area contributed by atoms with E-state index in [0.717, 1.165) is 11.4 Å². The van der Waals surface area contributed by atoms with Crippen LogP contribution < -0.4 is 0 Å². The molecule has 0 aliphatic heterocycles. The van der Waals surface area contributed by atoms with Gasteiger partial charge in [-0.25, -0.2) is 0 Å². The number of nitrogens with zero attached hydrogens (tertiary/aromatic N) is 2. The first kappa shape index (κ1) is 29.3. The molecule has 2 heterocycles. The van der Waals surface area contributed by atoms with E-state index in [4.69, 9.17) is 0 Å². The first-order valence-electron chi connectivity index (χ1n) is 17.6. The van der Waals surface area contributed by atoms with Crippen LogP contribution in [0.25, 0.3) is 88.4 Å². The van der Waals surface area contributed by atoms with Crippen LogP contribution in [0, 0.1) is 6.92 Å². The Kier molecular flexibility index (Phi) is 6.75. The van der Waals surface area contributed by atoms with Crippen LogP contribution in [0.2, 0.25) is 0 Å². The number of rotatable bonds is 5. The van der Waals surface area contributed by atoms with Crippen LogP contribution in [-0.4, -0.2) is 9.13 Å². The van der Waals surface area contributed by atoms with Crippen LogP contribution >= 0.6 is 0 Å². The van der Waals surface area contributed by atoms with Gasteiger partial charge in [-0.2, -0.15) is 0 Å². The Labute approximate surface area is 297 Å². The number of benzene rings is 8. The summed E-state index contributed by atoms with van der Waals surface area (Å²) in [7, 11) is 0. The summed E-state index contributed by atoms with van der Waals surface area (Å²) in [4.78, 5) is 0. The van der Waals surface area contributed by atoms with Crippen molar-refractivity contribution in [1.82, 2.24) is 9.13 Å². The largest absolute Gasteiger partial charge is 0.309 e. The van der Waals surface area contributed by atoms with Gasteiger partial charge < -0.3 is 9.13 Å². The molecule has 2 nitrogen and oxygen atoms in total. The number of para-hydroxylation sites is 2. The highest BCUT2D eigenvalue weighted by Crippen LogP contribution is 2.40. The molecule has 0 atom stereocenters. The highest BCUT2D eigenvalue weighted by Gasteiger charge is 2.17. The van der Waals surface area contributed by atoms with Crippen molar-refractivity contribution in [3.63, 3.8) is 0 Å². The van der Waals surface area contributed by atoms with Gasteiger partial charge in [-0.1, -0.05) is 121 Å². The van der Waals surface area contributed by atoms with Crippen molar-refractivity contribution in [3.8, 4) is 44.8 Å². The minimum Gasteiger partial charge on any atom is -0.309 e. The molecule has 8 aromatic carbocycles. The molecule has 10 aromatic rings. The molecule has 0 saturated carbocycles. The molecule has 51 heavy (non-hydrogen) atoms. The second-order valence-electron chi connectivity index (χ2n) is 13.5. The van der Waals surface area contributed by atoms with E-state index >= 15 is 0 Å². The Hall–Kier alpha value is -6.64. The maximum absolute atomic E-state index is 2.40. The van der Waals surface area contributed by atoms with Gasteiger partial charge in [0.25, 0.3) is 0 Å².